The summed E-state index contributed by atoms with van der Waals surface area (Å²) in [5.74, 6) is 0.0303. The number of fused-ring (bicyclic) bond motifs is 1. The first-order valence-corrected chi connectivity index (χ1v) is 6.43. The van der Waals surface area contributed by atoms with E-state index in [1.165, 1.54) is 6.20 Å². The van der Waals surface area contributed by atoms with Gasteiger partial charge in [0.05, 0.1) is 19.4 Å². The molecule has 0 saturated heterocycles. The number of aromatic nitrogens is 3. The van der Waals surface area contributed by atoms with E-state index in [1.54, 1.807) is 11.4 Å². The maximum Gasteiger partial charge on any atom is 0.343 e. The number of carbonyl (C=O) groups is 1. The molecule has 2 heterocycles. The third-order valence-corrected chi connectivity index (χ3v) is 2.75. The molecule has 0 atom stereocenters. The van der Waals surface area contributed by atoms with E-state index in [1.807, 2.05) is 19.9 Å². The van der Waals surface area contributed by atoms with Crippen LogP contribution in [-0.4, -0.2) is 33.8 Å². The van der Waals surface area contributed by atoms with Crippen molar-refractivity contribution in [1.29, 1.82) is 0 Å². The number of hydrogen-bond donors (Lipinski definition) is 0. The summed E-state index contributed by atoms with van der Waals surface area (Å²) >= 11 is 0. The summed E-state index contributed by atoms with van der Waals surface area (Å²) in [5.41, 5.74) is 2.20. The van der Waals surface area contributed by atoms with Crippen LogP contribution in [0.5, 0.6) is 0 Å². The number of hydrogen-bond acceptors (Lipinski definition) is 5. The highest BCUT2D eigenvalue weighted by molar-refractivity contribution is 5.95. The Hall–Kier alpha value is -2.37. The molecule has 0 N–H and O–H groups in total. The van der Waals surface area contributed by atoms with E-state index in [-0.39, 0.29) is 0 Å². The van der Waals surface area contributed by atoms with Crippen LogP contribution in [0, 0.1) is 6.92 Å². The third-order valence-electron chi connectivity index (χ3n) is 2.75. The Bertz CT molecular complexity index is 661. The Labute approximate surface area is 117 Å². The number of aryl methyl sites for hydroxylation is 1. The van der Waals surface area contributed by atoms with Crippen molar-refractivity contribution < 1.29 is 14.3 Å². The Morgan fingerprint density at radius 1 is 1.35 bits per heavy atom. The molecule has 0 bridgehead atoms. The number of carbonyl (C=O) groups excluding carboxylic acids is 1. The molecule has 0 aliphatic carbocycles. The van der Waals surface area contributed by atoms with E-state index in [9.17, 15) is 4.79 Å². The number of rotatable bonds is 5. The molecule has 0 saturated carbocycles. The van der Waals surface area contributed by atoms with Gasteiger partial charge in [0.2, 0.25) is 0 Å². The van der Waals surface area contributed by atoms with E-state index in [4.69, 9.17) is 9.47 Å². The lowest BCUT2D eigenvalue weighted by Gasteiger charge is -2.08. The molecule has 0 aliphatic heterocycles. The predicted molar refractivity (Wildman–Crippen MR) is 74.3 cm³/mol. The van der Waals surface area contributed by atoms with Gasteiger partial charge in [-0.3, -0.25) is 0 Å². The molecule has 2 aromatic rings. The first-order valence-electron chi connectivity index (χ1n) is 6.43. The lowest BCUT2D eigenvalue weighted by molar-refractivity contribution is 0.0528. The molecule has 20 heavy (non-hydrogen) atoms. The highest BCUT2D eigenvalue weighted by atomic mass is 16.5. The highest BCUT2D eigenvalue weighted by Crippen LogP contribution is 2.18. The van der Waals surface area contributed by atoms with Crippen molar-refractivity contribution in [3.63, 3.8) is 0 Å². The van der Waals surface area contributed by atoms with Gasteiger partial charge in [0.15, 0.2) is 5.65 Å². The number of ether oxygens (including phenoxy) is 2. The molecule has 2 aromatic heterocycles. The fourth-order valence-corrected chi connectivity index (χ4v) is 1.86. The highest BCUT2D eigenvalue weighted by Gasteiger charge is 2.17. The smallest absolute Gasteiger partial charge is 0.343 e. The molecule has 106 valence electrons. The van der Waals surface area contributed by atoms with Crippen LogP contribution in [0.15, 0.2) is 18.8 Å². The van der Waals surface area contributed by atoms with Gasteiger partial charge in [0, 0.05) is 5.69 Å². The van der Waals surface area contributed by atoms with Gasteiger partial charge in [-0.2, -0.15) is 5.10 Å². The van der Waals surface area contributed by atoms with Crippen molar-refractivity contribution in [2.75, 3.05) is 13.2 Å². The van der Waals surface area contributed by atoms with Crippen LogP contribution in [0.25, 0.3) is 11.4 Å². The van der Waals surface area contributed by atoms with Gasteiger partial charge >= 0.3 is 5.97 Å². The quantitative estimate of drug-likeness (QED) is 0.618. The molecular formula is C14H17N3O3. The van der Waals surface area contributed by atoms with Crippen molar-refractivity contribution in [3.05, 3.63) is 35.8 Å². The van der Waals surface area contributed by atoms with Crippen LogP contribution in [0.1, 0.15) is 35.6 Å². The molecule has 6 nitrogen and oxygen atoms in total. The van der Waals surface area contributed by atoms with Gasteiger partial charge in [-0.25, -0.2) is 14.3 Å². The zero-order valence-electron chi connectivity index (χ0n) is 11.8. The van der Waals surface area contributed by atoms with Gasteiger partial charge in [-0.05, 0) is 26.8 Å². The molecule has 2 rings (SSSR count). The summed E-state index contributed by atoms with van der Waals surface area (Å²) in [7, 11) is 0. The molecule has 0 aliphatic rings. The second-order valence-corrected chi connectivity index (χ2v) is 4.15. The van der Waals surface area contributed by atoms with Crippen LogP contribution in [0.3, 0.4) is 0 Å². The van der Waals surface area contributed by atoms with E-state index in [0.717, 1.165) is 5.69 Å². The molecule has 0 fully saturated rings. The van der Waals surface area contributed by atoms with Crippen LogP contribution < -0.4 is 0 Å². The SMILES string of the molecule is C=C(OCC)c1cc(C)n2ncc(C(=O)OCC)c2n1. The third kappa shape index (κ3) is 2.49. The van der Waals surface area contributed by atoms with Gasteiger partial charge in [-0.1, -0.05) is 6.58 Å². The van der Waals surface area contributed by atoms with Crippen molar-refractivity contribution in [3.8, 4) is 0 Å². The first kappa shape index (κ1) is 14.0. The molecular weight excluding hydrogens is 258 g/mol. The van der Waals surface area contributed by atoms with Crippen molar-refractivity contribution in [2.24, 2.45) is 0 Å². The fourth-order valence-electron chi connectivity index (χ4n) is 1.86. The molecule has 0 unspecified atom stereocenters. The Kier molecular flexibility index (Phi) is 4.02. The minimum absolute atomic E-state index is 0.306. The second kappa shape index (κ2) is 5.73. The average Bonchev–Trinajstić information content (AvgIpc) is 2.83. The number of nitrogens with zero attached hydrogens (tertiary/aromatic N) is 3. The second-order valence-electron chi connectivity index (χ2n) is 4.15. The van der Waals surface area contributed by atoms with Gasteiger partial charge in [0.1, 0.15) is 17.0 Å². The lowest BCUT2D eigenvalue weighted by Crippen LogP contribution is -2.07. The molecule has 0 amide bonds. The number of esters is 1. The molecule has 0 spiro atoms. The summed E-state index contributed by atoms with van der Waals surface area (Å²) in [6.45, 7) is 10.1. The van der Waals surface area contributed by atoms with Crippen LogP contribution in [0.4, 0.5) is 0 Å². The summed E-state index contributed by atoms with van der Waals surface area (Å²) in [4.78, 5) is 16.3. The summed E-state index contributed by atoms with van der Waals surface area (Å²) in [5, 5.41) is 4.15. The van der Waals surface area contributed by atoms with E-state index >= 15 is 0 Å². The van der Waals surface area contributed by atoms with Crippen molar-refractivity contribution in [2.45, 2.75) is 20.8 Å². The zero-order valence-corrected chi connectivity index (χ0v) is 11.8. The average molecular weight is 275 g/mol. The van der Waals surface area contributed by atoms with E-state index in [2.05, 4.69) is 16.7 Å². The zero-order chi connectivity index (χ0) is 14.7. The fraction of sp³-hybridized carbons (Fsp3) is 0.357. The van der Waals surface area contributed by atoms with Gasteiger partial charge in [-0.15, -0.1) is 0 Å². The van der Waals surface area contributed by atoms with Crippen LogP contribution >= 0.6 is 0 Å². The minimum Gasteiger partial charge on any atom is -0.492 e. The summed E-state index contributed by atoms with van der Waals surface area (Å²) < 4.78 is 11.9. The van der Waals surface area contributed by atoms with Gasteiger partial charge < -0.3 is 9.47 Å². The maximum absolute atomic E-state index is 11.9. The topological polar surface area (TPSA) is 65.7 Å². The molecule has 0 aromatic carbocycles. The molecule has 0 radical (unpaired) electrons. The standard InChI is InChI=1S/C14H17N3O3/c1-5-19-10(4)12-7-9(3)17-13(16-12)11(8-15-17)14(18)20-6-2/h7-8H,4-6H2,1-3H3. The van der Waals surface area contributed by atoms with E-state index in [0.29, 0.717) is 35.9 Å². The summed E-state index contributed by atoms with van der Waals surface area (Å²) in [6, 6.07) is 1.81. The van der Waals surface area contributed by atoms with Crippen LogP contribution in [-0.2, 0) is 9.47 Å². The largest absolute Gasteiger partial charge is 0.492 e. The van der Waals surface area contributed by atoms with Gasteiger partial charge in [0.25, 0.3) is 0 Å². The normalized spacial score (nSPS) is 10.6. The monoisotopic (exact) mass is 275 g/mol. The predicted octanol–water partition coefficient (Wildman–Crippen LogP) is 2.22. The lowest BCUT2D eigenvalue weighted by atomic mass is 10.3. The van der Waals surface area contributed by atoms with Crippen molar-refractivity contribution >= 4 is 17.4 Å². The minimum atomic E-state index is -0.437. The van der Waals surface area contributed by atoms with E-state index < -0.39 is 5.97 Å². The summed E-state index contributed by atoms with van der Waals surface area (Å²) in [6.07, 6.45) is 1.46. The Morgan fingerprint density at radius 3 is 2.70 bits per heavy atom. The Balaban J connectivity index is 2.53. The van der Waals surface area contributed by atoms with Crippen molar-refractivity contribution in [1.82, 2.24) is 14.6 Å². The first-order chi connectivity index (χ1) is 9.58. The molecule has 6 heteroatoms. The maximum atomic E-state index is 11.9. The van der Waals surface area contributed by atoms with Crippen LogP contribution in [0.2, 0.25) is 0 Å². The Morgan fingerprint density at radius 2 is 2.05 bits per heavy atom.